The maximum Gasteiger partial charge on any atom is 0.119 e. The first-order valence-electron chi connectivity index (χ1n) is 8.03. The highest BCUT2D eigenvalue weighted by Gasteiger charge is 2.26. The first-order chi connectivity index (χ1) is 9.74. The summed E-state index contributed by atoms with van der Waals surface area (Å²) in [6.45, 7) is 5.95. The monoisotopic (exact) mass is 274 g/mol. The number of nitrogens with zero attached hydrogens (tertiary/aromatic N) is 1. The molecule has 1 aliphatic carbocycles. The van der Waals surface area contributed by atoms with Gasteiger partial charge in [0.15, 0.2) is 0 Å². The number of benzene rings is 1. The number of rotatable bonds is 4. The molecule has 2 N–H and O–H groups in total. The number of aromatic hydroxyl groups is 1. The Balaban J connectivity index is 1.58. The average Bonchev–Trinajstić information content (AvgIpc) is 2.84. The van der Waals surface area contributed by atoms with Crippen molar-refractivity contribution in [3.8, 4) is 5.75 Å². The Morgan fingerprint density at radius 2 is 2.10 bits per heavy atom. The van der Waals surface area contributed by atoms with Crippen molar-refractivity contribution >= 4 is 0 Å². The van der Waals surface area contributed by atoms with E-state index in [1.807, 2.05) is 6.07 Å². The molecular formula is C17H26N2O. The summed E-state index contributed by atoms with van der Waals surface area (Å²) in [6, 6.07) is 6.85. The second-order valence-corrected chi connectivity index (χ2v) is 6.37. The van der Waals surface area contributed by atoms with E-state index in [1.54, 1.807) is 6.07 Å². The fraction of sp³-hybridized carbons (Fsp3) is 0.647. The highest BCUT2D eigenvalue weighted by atomic mass is 16.3. The summed E-state index contributed by atoms with van der Waals surface area (Å²) in [7, 11) is 0. The first-order valence-corrected chi connectivity index (χ1v) is 8.03. The smallest absolute Gasteiger partial charge is 0.119 e. The molecular weight excluding hydrogens is 248 g/mol. The van der Waals surface area contributed by atoms with Crippen LogP contribution in [0.3, 0.4) is 0 Å². The maximum absolute atomic E-state index is 9.91. The van der Waals surface area contributed by atoms with E-state index >= 15 is 0 Å². The minimum Gasteiger partial charge on any atom is -0.508 e. The third-order valence-electron chi connectivity index (χ3n) is 4.71. The zero-order valence-corrected chi connectivity index (χ0v) is 12.4. The summed E-state index contributed by atoms with van der Waals surface area (Å²) in [5.74, 6) is 0.468. The molecule has 20 heavy (non-hydrogen) atoms. The van der Waals surface area contributed by atoms with Gasteiger partial charge in [-0.25, -0.2) is 0 Å². The SMILES string of the molecule is CC(CN1CCCCC1)NC1CCc2c(O)cccc21. The summed E-state index contributed by atoms with van der Waals surface area (Å²) in [5, 5.41) is 13.7. The Morgan fingerprint density at radius 1 is 1.30 bits per heavy atom. The molecule has 2 unspecified atom stereocenters. The zero-order valence-electron chi connectivity index (χ0n) is 12.4. The van der Waals surface area contributed by atoms with Crippen molar-refractivity contribution in [1.82, 2.24) is 10.2 Å². The topological polar surface area (TPSA) is 35.5 Å². The van der Waals surface area contributed by atoms with Crippen molar-refractivity contribution in [2.75, 3.05) is 19.6 Å². The lowest BCUT2D eigenvalue weighted by Gasteiger charge is -2.30. The molecule has 0 radical (unpaired) electrons. The number of nitrogens with one attached hydrogen (secondary N) is 1. The molecule has 3 rings (SSSR count). The highest BCUT2D eigenvalue weighted by Crippen LogP contribution is 2.36. The lowest BCUT2D eigenvalue weighted by molar-refractivity contribution is 0.204. The van der Waals surface area contributed by atoms with E-state index in [0.717, 1.165) is 24.9 Å². The van der Waals surface area contributed by atoms with Crippen LogP contribution in [-0.2, 0) is 6.42 Å². The Morgan fingerprint density at radius 3 is 2.90 bits per heavy atom. The van der Waals surface area contributed by atoms with Gasteiger partial charge in [0.1, 0.15) is 5.75 Å². The molecule has 0 saturated carbocycles. The minimum atomic E-state index is 0.414. The largest absolute Gasteiger partial charge is 0.508 e. The van der Waals surface area contributed by atoms with Crippen LogP contribution >= 0.6 is 0 Å². The van der Waals surface area contributed by atoms with Gasteiger partial charge < -0.3 is 15.3 Å². The minimum absolute atomic E-state index is 0.414. The van der Waals surface area contributed by atoms with Crippen LogP contribution in [0.25, 0.3) is 0 Å². The van der Waals surface area contributed by atoms with E-state index in [-0.39, 0.29) is 0 Å². The lowest BCUT2D eigenvalue weighted by Crippen LogP contribution is -2.42. The Bertz CT molecular complexity index is 454. The van der Waals surface area contributed by atoms with E-state index < -0.39 is 0 Å². The number of fused-ring (bicyclic) bond motifs is 1. The van der Waals surface area contributed by atoms with E-state index in [2.05, 4.69) is 23.2 Å². The number of likely N-dealkylation sites (tertiary alicyclic amines) is 1. The Hall–Kier alpha value is -1.06. The second-order valence-electron chi connectivity index (χ2n) is 6.37. The van der Waals surface area contributed by atoms with Gasteiger partial charge in [-0.05, 0) is 62.9 Å². The average molecular weight is 274 g/mol. The molecule has 1 aromatic carbocycles. The van der Waals surface area contributed by atoms with Gasteiger partial charge in [-0.1, -0.05) is 18.6 Å². The van der Waals surface area contributed by atoms with Crippen LogP contribution in [0.5, 0.6) is 5.75 Å². The number of phenols is 1. The van der Waals surface area contributed by atoms with Crippen molar-refractivity contribution in [2.45, 2.75) is 51.1 Å². The number of hydrogen-bond donors (Lipinski definition) is 2. The molecule has 2 aliphatic rings. The maximum atomic E-state index is 9.91. The third-order valence-corrected chi connectivity index (χ3v) is 4.71. The van der Waals surface area contributed by atoms with Crippen LogP contribution in [0, 0.1) is 0 Å². The standard InChI is InChI=1S/C17H26N2O/c1-13(12-19-10-3-2-4-11-19)18-16-9-8-15-14(16)6-5-7-17(15)20/h5-7,13,16,18,20H,2-4,8-12H2,1H3. The number of piperidine rings is 1. The second kappa shape index (κ2) is 6.15. The van der Waals surface area contributed by atoms with Gasteiger partial charge in [0.05, 0.1) is 0 Å². The van der Waals surface area contributed by atoms with Crippen LogP contribution in [-0.4, -0.2) is 35.7 Å². The van der Waals surface area contributed by atoms with Crippen molar-refractivity contribution in [2.24, 2.45) is 0 Å². The predicted octanol–water partition coefficient (Wildman–Crippen LogP) is 2.84. The van der Waals surface area contributed by atoms with Gasteiger partial charge >= 0.3 is 0 Å². The van der Waals surface area contributed by atoms with E-state index in [4.69, 9.17) is 0 Å². The van der Waals surface area contributed by atoms with Crippen LogP contribution in [0.15, 0.2) is 18.2 Å². The summed E-state index contributed by atoms with van der Waals surface area (Å²) in [5.41, 5.74) is 2.45. The molecule has 3 nitrogen and oxygen atoms in total. The summed E-state index contributed by atoms with van der Waals surface area (Å²) >= 11 is 0. The van der Waals surface area contributed by atoms with E-state index in [9.17, 15) is 5.11 Å². The molecule has 110 valence electrons. The van der Waals surface area contributed by atoms with Crippen molar-refractivity contribution in [1.29, 1.82) is 0 Å². The van der Waals surface area contributed by atoms with E-state index in [1.165, 1.54) is 37.9 Å². The quantitative estimate of drug-likeness (QED) is 0.886. The molecule has 1 aliphatic heterocycles. The van der Waals surface area contributed by atoms with Gasteiger partial charge in [0, 0.05) is 18.6 Å². The molecule has 1 fully saturated rings. The van der Waals surface area contributed by atoms with Crippen molar-refractivity contribution in [3.05, 3.63) is 29.3 Å². The van der Waals surface area contributed by atoms with Gasteiger partial charge in [-0.15, -0.1) is 0 Å². The third kappa shape index (κ3) is 2.99. The van der Waals surface area contributed by atoms with E-state index in [0.29, 0.717) is 17.8 Å². The van der Waals surface area contributed by atoms with Gasteiger partial charge in [-0.2, -0.15) is 0 Å². The molecule has 0 bridgehead atoms. The van der Waals surface area contributed by atoms with Gasteiger partial charge in [0.2, 0.25) is 0 Å². The Labute approximate surface area is 122 Å². The highest BCUT2D eigenvalue weighted by molar-refractivity contribution is 5.44. The molecule has 2 atom stereocenters. The van der Waals surface area contributed by atoms with Crippen LogP contribution < -0.4 is 5.32 Å². The van der Waals surface area contributed by atoms with Crippen LogP contribution in [0.1, 0.15) is 49.8 Å². The lowest BCUT2D eigenvalue weighted by atomic mass is 10.1. The molecule has 1 aromatic rings. The molecule has 3 heteroatoms. The molecule has 1 saturated heterocycles. The molecule has 0 amide bonds. The summed E-state index contributed by atoms with van der Waals surface area (Å²) in [4.78, 5) is 2.58. The summed E-state index contributed by atoms with van der Waals surface area (Å²) < 4.78 is 0. The Kier molecular flexibility index (Phi) is 4.27. The summed E-state index contributed by atoms with van der Waals surface area (Å²) in [6.07, 6.45) is 6.21. The fourth-order valence-electron chi connectivity index (χ4n) is 3.73. The fourth-order valence-corrected chi connectivity index (χ4v) is 3.73. The van der Waals surface area contributed by atoms with Gasteiger partial charge in [-0.3, -0.25) is 0 Å². The van der Waals surface area contributed by atoms with Crippen molar-refractivity contribution in [3.63, 3.8) is 0 Å². The van der Waals surface area contributed by atoms with Crippen LogP contribution in [0.4, 0.5) is 0 Å². The number of hydrogen-bond acceptors (Lipinski definition) is 3. The van der Waals surface area contributed by atoms with Crippen LogP contribution in [0.2, 0.25) is 0 Å². The molecule has 0 spiro atoms. The van der Waals surface area contributed by atoms with Crippen molar-refractivity contribution < 1.29 is 5.11 Å². The first kappa shape index (κ1) is 13.9. The number of phenolic OH excluding ortho intramolecular Hbond substituents is 1. The normalized spacial score (nSPS) is 24.6. The zero-order chi connectivity index (χ0) is 13.9. The predicted molar refractivity (Wildman–Crippen MR) is 82.1 cm³/mol. The molecule has 0 aromatic heterocycles. The van der Waals surface area contributed by atoms with Gasteiger partial charge in [0.25, 0.3) is 0 Å². The molecule has 1 heterocycles.